The van der Waals surface area contributed by atoms with Crippen LogP contribution in [-0.4, -0.2) is 43.5 Å². The van der Waals surface area contributed by atoms with E-state index in [9.17, 15) is 4.79 Å². The first-order valence-electron chi connectivity index (χ1n) is 9.57. The van der Waals surface area contributed by atoms with Gasteiger partial charge in [-0.2, -0.15) is 4.98 Å². The highest BCUT2D eigenvalue weighted by molar-refractivity contribution is 5.91. The molecule has 3 heterocycles. The van der Waals surface area contributed by atoms with Gasteiger partial charge in [0.1, 0.15) is 0 Å². The molecule has 0 atom stereocenters. The van der Waals surface area contributed by atoms with Gasteiger partial charge in [0, 0.05) is 24.5 Å². The summed E-state index contributed by atoms with van der Waals surface area (Å²) in [5.74, 6) is 0.764. The molecule has 0 bridgehead atoms. The molecule has 0 radical (unpaired) electrons. The Morgan fingerprint density at radius 2 is 1.76 bits per heavy atom. The Hall–Kier alpha value is -1.98. The molecule has 4 rings (SSSR count). The van der Waals surface area contributed by atoms with E-state index in [4.69, 9.17) is 0 Å². The molecule has 1 saturated heterocycles. The van der Waals surface area contributed by atoms with E-state index in [1.807, 2.05) is 24.8 Å². The van der Waals surface area contributed by atoms with Gasteiger partial charge in [-0.3, -0.25) is 4.79 Å². The number of aromatic nitrogens is 4. The van der Waals surface area contributed by atoms with E-state index in [0.29, 0.717) is 11.2 Å². The van der Waals surface area contributed by atoms with Crippen LogP contribution >= 0.6 is 0 Å². The molecule has 2 aromatic rings. The first kappa shape index (κ1) is 16.5. The van der Waals surface area contributed by atoms with Crippen molar-refractivity contribution in [3.8, 4) is 0 Å². The van der Waals surface area contributed by atoms with Gasteiger partial charge >= 0.3 is 0 Å². The predicted octanol–water partition coefficient (Wildman–Crippen LogP) is 3.32. The Kier molecular flexibility index (Phi) is 4.21. The van der Waals surface area contributed by atoms with Crippen molar-refractivity contribution in [2.24, 2.45) is 5.41 Å². The quantitative estimate of drug-likeness (QED) is 0.798. The molecule has 6 nitrogen and oxygen atoms in total. The van der Waals surface area contributed by atoms with Crippen molar-refractivity contribution in [1.29, 1.82) is 0 Å². The molecule has 134 valence electrons. The van der Waals surface area contributed by atoms with Crippen molar-refractivity contribution in [1.82, 2.24) is 24.5 Å². The second-order valence-electron chi connectivity index (χ2n) is 7.93. The Bertz CT molecular complexity index is 788. The van der Waals surface area contributed by atoms with Gasteiger partial charge in [0.2, 0.25) is 5.82 Å². The number of piperidine rings is 1. The summed E-state index contributed by atoms with van der Waals surface area (Å²) >= 11 is 0. The summed E-state index contributed by atoms with van der Waals surface area (Å²) in [6.45, 7) is 5.59. The number of hydrogen-bond donors (Lipinski definition) is 0. The van der Waals surface area contributed by atoms with Gasteiger partial charge in [-0.1, -0.05) is 25.7 Å². The highest BCUT2D eigenvalue weighted by atomic mass is 16.2. The topological polar surface area (TPSA) is 63.4 Å². The number of nitrogens with zero attached hydrogens (tertiary/aromatic N) is 5. The fraction of sp³-hybridized carbons (Fsp3) is 0.684. The number of amides is 1. The fourth-order valence-corrected chi connectivity index (χ4v) is 4.67. The molecule has 1 aliphatic heterocycles. The van der Waals surface area contributed by atoms with Crippen molar-refractivity contribution >= 4 is 11.7 Å². The van der Waals surface area contributed by atoms with Gasteiger partial charge in [-0.05, 0) is 51.0 Å². The van der Waals surface area contributed by atoms with Crippen LogP contribution in [0.25, 0.3) is 5.78 Å². The van der Waals surface area contributed by atoms with E-state index in [-0.39, 0.29) is 11.7 Å². The number of aryl methyl sites for hydroxylation is 2. The minimum Gasteiger partial charge on any atom is -0.335 e. The summed E-state index contributed by atoms with van der Waals surface area (Å²) in [4.78, 5) is 23.8. The highest BCUT2D eigenvalue weighted by Gasteiger charge is 2.38. The smallest absolute Gasteiger partial charge is 0.293 e. The van der Waals surface area contributed by atoms with Gasteiger partial charge in [-0.25, -0.2) is 9.50 Å². The van der Waals surface area contributed by atoms with Crippen molar-refractivity contribution in [3.05, 3.63) is 23.3 Å². The molecule has 0 N–H and O–H groups in total. The van der Waals surface area contributed by atoms with E-state index >= 15 is 0 Å². The summed E-state index contributed by atoms with van der Waals surface area (Å²) in [7, 11) is 0. The lowest BCUT2D eigenvalue weighted by Gasteiger charge is -2.42. The zero-order valence-electron chi connectivity index (χ0n) is 15.3. The van der Waals surface area contributed by atoms with Crippen LogP contribution in [0.5, 0.6) is 0 Å². The molecule has 1 saturated carbocycles. The molecule has 1 aliphatic carbocycles. The van der Waals surface area contributed by atoms with Crippen molar-refractivity contribution in [2.45, 2.75) is 65.2 Å². The molecule has 6 heteroatoms. The van der Waals surface area contributed by atoms with Crippen LogP contribution in [0.15, 0.2) is 6.07 Å². The number of rotatable bonds is 1. The maximum absolute atomic E-state index is 13.0. The lowest BCUT2D eigenvalue weighted by atomic mass is 9.74. The van der Waals surface area contributed by atoms with E-state index < -0.39 is 0 Å². The number of hydrogen-bond acceptors (Lipinski definition) is 4. The molecule has 1 spiro atoms. The third kappa shape index (κ3) is 3.14. The summed E-state index contributed by atoms with van der Waals surface area (Å²) in [6.07, 6.45) is 10.2. The number of likely N-dealkylation sites (tertiary alicyclic amines) is 1. The Labute approximate surface area is 148 Å². The molecule has 0 aromatic carbocycles. The second kappa shape index (κ2) is 6.39. The zero-order chi connectivity index (χ0) is 17.4. The largest absolute Gasteiger partial charge is 0.335 e. The van der Waals surface area contributed by atoms with Crippen LogP contribution in [0.4, 0.5) is 0 Å². The maximum atomic E-state index is 13.0. The van der Waals surface area contributed by atoms with E-state index in [0.717, 1.165) is 30.9 Å². The number of carbonyl (C=O) groups excluding carboxylic acids is 1. The summed E-state index contributed by atoms with van der Waals surface area (Å²) < 4.78 is 1.67. The third-order valence-corrected chi connectivity index (χ3v) is 5.92. The molecule has 2 fully saturated rings. The lowest BCUT2D eigenvalue weighted by Crippen LogP contribution is -2.46. The standard InChI is InChI=1S/C19H27N5O/c1-14-12-15(2)24-18(20-14)21-16(22-24)17(25)23-11-7-10-19(13-23)8-5-3-4-6-9-19/h12H,3-11,13H2,1-2H3. The molecule has 1 amide bonds. The van der Waals surface area contributed by atoms with Gasteiger partial charge in [-0.15, -0.1) is 5.10 Å². The minimum atomic E-state index is -0.0362. The zero-order valence-corrected chi connectivity index (χ0v) is 15.3. The van der Waals surface area contributed by atoms with Crippen LogP contribution in [0.1, 0.15) is 73.4 Å². The van der Waals surface area contributed by atoms with E-state index in [1.165, 1.54) is 44.9 Å². The summed E-state index contributed by atoms with van der Waals surface area (Å²) in [5, 5.41) is 4.43. The molecular weight excluding hydrogens is 314 g/mol. The average Bonchev–Trinajstić information content (AvgIpc) is 2.90. The molecular formula is C19H27N5O. The molecule has 25 heavy (non-hydrogen) atoms. The lowest BCUT2D eigenvalue weighted by molar-refractivity contribution is 0.0454. The van der Waals surface area contributed by atoms with Crippen molar-refractivity contribution < 1.29 is 4.79 Å². The van der Waals surface area contributed by atoms with Gasteiger partial charge in [0.05, 0.1) is 0 Å². The van der Waals surface area contributed by atoms with Crippen LogP contribution in [0.3, 0.4) is 0 Å². The van der Waals surface area contributed by atoms with Crippen LogP contribution in [0, 0.1) is 19.3 Å². The van der Waals surface area contributed by atoms with Crippen LogP contribution in [-0.2, 0) is 0 Å². The molecule has 2 aromatic heterocycles. The Morgan fingerprint density at radius 3 is 2.52 bits per heavy atom. The van der Waals surface area contributed by atoms with Gasteiger partial charge in [0.15, 0.2) is 0 Å². The second-order valence-corrected chi connectivity index (χ2v) is 7.93. The number of carbonyl (C=O) groups is 1. The van der Waals surface area contributed by atoms with Crippen molar-refractivity contribution in [3.63, 3.8) is 0 Å². The van der Waals surface area contributed by atoms with E-state index in [1.54, 1.807) is 4.52 Å². The predicted molar refractivity (Wildman–Crippen MR) is 95.5 cm³/mol. The Morgan fingerprint density at radius 1 is 1.04 bits per heavy atom. The van der Waals surface area contributed by atoms with E-state index in [2.05, 4.69) is 15.1 Å². The molecule has 2 aliphatic rings. The van der Waals surface area contributed by atoms with Gasteiger partial charge < -0.3 is 4.90 Å². The SMILES string of the molecule is Cc1cc(C)n2nc(C(=O)N3CCCC4(CCCCCC4)C3)nc2n1. The Balaban J connectivity index is 1.59. The highest BCUT2D eigenvalue weighted by Crippen LogP contribution is 2.42. The van der Waals surface area contributed by atoms with Crippen LogP contribution in [0.2, 0.25) is 0 Å². The third-order valence-electron chi connectivity index (χ3n) is 5.92. The average molecular weight is 341 g/mol. The van der Waals surface area contributed by atoms with Crippen molar-refractivity contribution in [2.75, 3.05) is 13.1 Å². The maximum Gasteiger partial charge on any atom is 0.293 e. The summed E-state index contributed by atoms with van der Waals surface area (Å²) in [6, 6.07) is 1.96. The van der Waals surface area contributed by atoms with Crippen LogP contribution < -0.4 is 0 Å². The van der Waals surface area contributed by atoms with Gasteiger partial charge in [0.25, 0.3) is 11.7 Å². The number of fused-ring (bicyclic) bond motifs is 1. The normalized spacial score (nSPS) is 20.8. The fourth-order valence-electron chi connectivity index (χ4n) is 4.67. The summed E-state index contributed by atoms with van der Waals surface area (Å²) in [5.41, 5.74) is 2.17. The monoisotopic (exact) mass is 341 g/mol. The molecule has 0 unspecified atom stereocenters. The minimum absolute atomic E-state index is 0.0362. The first-order chi connectivity index (χ1) is 12.1. The first-order valence-corrected chi connectivity index (χ1v) is 9.57.